The van der Waals surface area contributed by atoms with Gasteiger partial charge in [0.25, 0.3) is 0 Å². The molecular weight excluding hydrogens is 264 g/mol. The number of hydrogen-bond acceptors (Lipinski definition) is 3. The van der Waals surface area contributed by atoms with Crippen LogP contribution >= 0.6 is 28.1 Å². The van der Waals surface area contributed by atoms with Crippen molar-refractivity contribution in [2.24, 2.45) is 0 Å². The van der Waals surface area contributed by atoms with E-state index in [9.17, 15) is 0 Å². The molecule has 0 atom stereocenters. The Kier molecular flexibility index (Phi) is 2.74. The number of nitrogens with one attached hydrogen (secondary N) is 1. The van der Waals surface area contributed by atoms with Crippen LogP contribution in [0, 0.1) is 4.77 Å². The zero-order chi connectivity index (χ0) is 9.97. The lowest BCUT2D eigenvalue weighted by molar-refractivity contribution is 0.641. The lowest BCUT2D eigenvalue weighted by Crippen LogP contribution is -2.02. The second-order valence-electron chi connectivity index (χ2n) is 2.76. The predicted octanol–water partition coefficient (Wildman–Crippen LogP) is 2.15. The van der Waals surface area contributed by atoms with Crippen molar-refractivity contribution in [1.29, 1.82) is 0 Å². The molecule has 0 aliphatic heterocycles. The van der Waals surface area contributed by atoms with Crippen LogP contribution in [-0.4, -0.2) is 20.2 Å². The lowest BCUT2D eigenvalue weighted by Gasteiger charge is -2.03. The Balaban J connectivity index is 2.32. The molecule has 1 aromatic carbocycles. The SMILES string of the molecule is S=c1nn[nH]n1Cc1ccccc1Br. The largest absolute Gasteiger partial charge is 0.238 e. The highest BCUT2D eigenvalue weighted by Crippen LogP contribution is 2.16. The Morgan fingerprint density at radius 2 is 2.21 bits per heavy atom. The molecule has 0 radical (unpaired) electrons. The van der Waals surface area contributed by atoms with Gasteiger partial charge < -0.3 is 0 Å². The normalized spacial score (nSPS) is 10.4. The number of H-pyrrole nitrogens is 1. The quantitative estimate of drug-likeness (QED) is 0.851. The van der Waals surface area contributed by atoms with Gasteiger partial charge in [0.1, 0.15) is 0 Å². The maximum Gasteiger partial charge on any atom is 0.238 e. The number of halogens is 1. The first-order chi connectivity index (χ1) is 6.77. The van der Waals surface area contributed by atoms with Gasteiger partial charge in [-0.25, -0.2) is 4.68 Å². The monoisotopic (exact) mass is 270 g/mol. The minimum absolute atomic E-state index is 0.459. The van der Waals surface area contributed by atoms with E-state index in [-0.39, 0.29) is 0 Å². The van der Waals surface area contributed by atoms with Crippen LogP contribution in [0.5, 0.6) is 0 Å². The summed E-state index contributed by atoms with van der Waals surface area (Å²) in [6.45, 7) is 0.646. The molecule has 1 N–H and O–H groups in total. The van der Waals surface area contributed by atoms with Crippen LogP contribution in [0.1, 0.15) is 5.56 Å². The number of aromatic nitrogens is 4. The second kappa shape index (κ2) is 4.02. The third-order valence-electron chi connectivity index (χ3n) is 1.82. The van der Waals surface area contributed by atoms with E-state index in [1.54, 1.807) is 4.68 Å². The molecular formula is C8H7BrN4S. The third kappa shape index (κ3) is 1.91. The number of rotatable bonds is 2. The highest BCUT2D eigenvalue weighted by atomic mass is 79.9. The summed E-state index contributed by atoms with van der Waals surface area (Å²) in [6, 6.07) is 7.96. The minimum Gasteiger partial charge on any atom is -0.238 e. The molecule has 0 fully saturated rings. The molecule has 4 nitrogen and oxygen atoms in total. The predicted molar refractivity (Wildman–Crippen MR) is 58.5 cm³/mol. The molecule has 0 spiro atoms. The Labute approximate surface area is 94.1 Å². The molecule has 0 saturated heterocycles. The van der Waals surface area contributed by atoms with Gasteiger partial charge in [-0.2, -0.15) is 5.21 Å². The number of nitrogens with zero attached hydrogens (tertiary/aromatic N) is 3. The molecule has 14 heavy (non-hydrogen) atoms. The number of tetrazole rings is 1. The van der Waals surface area contributed by atoms with Gasteiger partial charge in [-0.3, -0.25) is 0 Å². The Hall–Kier alpha value is -1.01. The summed E-state index contributed by atoms with van der Waals surface area (Å²) in [5.74, 6) is 0. The summed E-state index contributed by atoms with van der Waals surface area (Å²) < 4.78 is 3.22. The maximum atomic E-state index is 4.97. The molecule has 2 aromatic rings. The molecule has 0 aliphatic carbocycles. The first kappa shape index (κ1) is 9.54. The lowest BCUT2D eigenvalue weighted by atomic mass is 10.2. The maximum absolute atomic E-state index is 4.97. The van der Waals surface area contributed by atoms with Crippen LogP contribution in [-0.2, 0) is 6.54 Å². The van der Waals surface area contributed by atoms with Gasteiger partial charge >= 0.3 is 0 Å². The summed E-state index contributed by atoms with van der Waals surface area (Å²) in [5, 5.41) is 10.0. The highest BCUT2D eigenvalue weighted by molar-refractivity contribution is 9.10. The van der Waals surface area contributed by atoms with Gasteiger partial charge in [0.2, 0.25) is 4.77 Å². The van der Waals surface area contributed by atoms with Crippen molar-refractivity contribution in [2.75, 3.05) is 0 Å². The smallest absolute Gasteiger partial charge is 0.238 e. The molecule has 2 rings (SSSR count). The van der Waals surface area contributed by atoms with E-state index < -0.39 is 0 Å². The molecule has 0 unspecified atom stereocenters. The van der Waals surface area contributed by atoms with Gasteiger partial charge in [0, 0.05) is 4.47 Å². The number of hydrogen-bond donors (Lipinski definition) is 1. The van der Waals surface area contributed by atoms with Crippen LogP contribution in [0.25, 0.3) is 0 Å². The average molecular weight is 271 g/mol. The zero-order valence-electron chi connectivity index (χ0n) is 7.14. The topological polar surface area (TPSA) is 46.5 Å². The van der Waals surface area contributed by atoms with Crippen LogP contribution in [0.2, 0.25) is 0 Å². The fraction of sp³-hybridized carbons (Fsp3) is 0.125. The van der Waals surface area contributed by atoms with E-state index in [4.69, 9.17) is 12.2 Å². The molecule has 1 heterocycles. The Morgan fingerprint density at radius 3 is 2.86 bits per heavy atom. The molecule has 0 aliphatic rings. The Bertz CT molecular complexity index is 490. The van der Waals surface area contributed by atoms with Crippen LogP contribution in [0.4, 0.5) is 0 Å². The van der Waals surface area contributed by atoms with Gasteiger partial charge in [0.05, 0.1) is 6.54 Å². The van der Waals surface area contributed by atoms with Crippen molar-refractivity contribution in [3.8, 4) is 0 Å². The van der Waals surface area contributed by atoms with Crippen molar-refractivity contribution in [3.05, 3.63) is 39.1 Å². The van der Waals surface area contributed by atoms with E-state index in [1.807, 2.05) is 24.3 Å². The van der Waals surface area contributed by atoms with Crippen molar-refractivity contribution in [3.63, 3.8) is 0 Å². The van der Waals surface area contributed by atoms with Crippen LogP contribution < -0.4 is 0 Å². The van der Waals surface area contributed by atoms with Gasteiger partial charge in [-0.15, -0.1) is 0 Å². The average Bonchev–Trinajstić information content (AvgIpc) is 2.56. The first-order valence-corrected chi connectivity index (χ1v) is 5.19. The van der Waals surface area contributed by atoms with E-state index in [0.29, 0.717) is 11.3 Å². The summed E-state index contributed by atoms with van der Waals surface area (Å²) in [4.78, 5) is 0. The number of aromatic amines is 1. The summed E-state index contributed by atoms with van der Waals surface area (Å²) >= 11 is 8.44. The van der Waals surface area contributed by atoms with E-state index in [1.165, 1.54) is 0 Å². The molecule has 0 saturated carbocycles. The summed E-state index contributed by atoms with van der Waals surface area (Å²) in [7, 11) is 0. The fourth-order valence-electron chi connectivity index (χ4n) is 1.12. The molecule has 0 amide bonds. The van der Waals surface area contributed by atoms with Gasteiger partial charge in [-0.05, 0) is 23.8 Å². The van der Waals surface area contributed by atoms with E-state index >= 15 is 0 Å². The standard InChI is InChI=1S/C8H7BrN4S/c9-7-4-2-1-3-6(7)5-13-8(14)10-11-12-13/h1-4H,5H2,(H,10,12,14). The van der Waals surface area contributed by atoms with Gasteiger partial charge in [-0.1, -0.05) is 44.4 Å². The van der Waals surface area contributed by atoms with Crippen molar-refractivity contribution < 1.29 is 0 Å². The minimum atomic E-state index is 0.459. The van der Waals surface area contributed by atoms with Gasteiger partial charge in [0.15, 0.2) is 0 Å². The fourth-order valence-corrected chi connectivity index (χ4v) is 1.67. The van der Waals surface area contributed by atoms with E-state index in [0.717, 1.165) is 10.0 Å². The highest BCUT2D eigenvalue weighted by Gasteiger charge is 2.01. The molecule has 72 valence electrons. The Morgan fingerprint density at radius 1 is 1.43 bits per heavy atom. The summed E-state index contributed by atoms with van der Waals surface area (Å²) in [5.41, 5.74) is 1.13. The van der Waals surface area contributed by atoms with Crippen LogP contribution in [0.3, 0.4) is 0 Å². The molecule has 0 bridgehead atoms. The summed E-state index contributed by atoms with van der Waals surface area (Å²) in [6.07, 6.45) is 0. The first-order valence-electron chi connectivity index (χ1n) is 3.98. The van der Waals surface area contributed by atoms with Crippen molar-refractivity contribution >= 4 is 28.1 Å². The second-order valence-corrected chi connectivity index (χ2v) is 3.98. The molecule has 6 heteroatoms. The zero-order valence-corrected chi connectivity index (χ0v) is 9.55. The third-order valence-corrected chi connectivity index (χ3v) is 2.89. The van der Waals surface area contributed by atoms with Crippen molar-refractivity contribution in [1.82, 2.24) is 20.2 Å². The molecule has 1 aromatic heterocycles. The van der Waals surface area contributed by atoms with Crippen molar-refractivity contribution in [2.45, 2.75) is 6.54 Å². The van der Waals surface area contributed by atoms with Crippen LogP contribution in [0.15, 0.2) is 28.7 Å². The van der Waals surface area contributed by atoms with E-state index in [2.05, 4.69) is 31.5 Å². The number of benzene rings is 1.